The first-order valence-electron chi connectivity index (χ1n) is 3.02. The molecule has 2 heteroatoms. The minimum Gasteiger partial charge on any atom is -0.392 e. The maximum Gasteiger partial charge on any atom is 0.132 e. The molecule has 0 saturated heterocycles. The van der Waals surface area contributed by atoms with E-state index in [0.717, 1.165) is 18.6 Å². The van der Waals surface area contributed by atoms with Gasteiger partial charge >= 0.3 is 0 Å². The molecule has 0 aliphatic carbocycles. The third-order valence-corrected chi connectivity index (χ3v) is 1.34. The summed E-state index contributed by atoms with van der Waals surface area (Å²) in [6.45, 7) is 4.11. The summed E-state index contributed by atoms with van der Waals surface area (Å²) in [4.78, 5) is 5.00. The third-order valence-electron chi connectivity index (χ3n) is 1.34. The van der Waals surface area contributed by atoms with Gasteiger partial charge in [-0.25, -0.2) is 0 Å². The van der Waals surface area contributed by atoms with Crippen molar-refractivity contribution in [2.75, 3.05) is 0 Å². The molecule has 1 rings (SSSR count). The van der Waals surface area contributed by atoms with Gasteiger partial charge in [0.1, 0.15) is 6.10 Å². The van der Waals surface area contributed by atoms with Gasteiger partial charge < -0.3 is 4.84 Å². The van der Waals surface area contributed by atoms with Gasteiger partial charge in [0, 0.05) is 6.42 Å². The van der Waals surface area contributed by atoms with Crippen LogP contribution in [0.4, 0.5) is 0 Å². The highest BCUT2D eigenvalue weighted by molar-refractivity contribution is 5.82. The normalized spacial score (nSPS) is 27.2. The van der Waals surface area contributed by atoms with Crippen molar-refractivity contribution in [3.8, 4) is 0 Å². The van der Waals surface area contributed by atoms with Crippen molar-refractivity contribution in [1.29, 1.82) is 0 Å². The van der Waals surface area contributed by atoms with Crippen LogP contribution in [0.25, 0.3) is 0 Å². The molecule has 1 atom stereocenters. The van der Waals surface area contributed by atoms with E-state index in [2.05, 4.69) is 12.1 Å². The van der Waals surface area contributed by atoms with Gasteiger partial charge in [-0.1, -0.05) is 12.1 Å². The van der Waals surface area contributed by atoms with Gasteiger partial charge in [0.05, 0.1) is 5.71 Å². The van der Waals surface area contributed by atoms with Gasteiger partial charge in [-0.3, -0.25) is 0 Å². The van der Waals surface area contributed by atoms with Crippen molar-refractivity contribution >= 4 is 5.71 Å². The van der Waals surface area contributed by atoms with Crippen LogP contribution in [0.1, 0.15) is 26.7 Å². The Morgan fingerprint density at radius 1 is 1.88 bits per heavy atom. The van der Waals surface area contributed by atoms with Crippen LogP contribution in [0.15, 0.2) is 5.16 Å². The van der Waals surface area contributed by atoms with Crippen LogP contribution in [0, 0.1) is 0 Å². The first-order valence-corrected chi connectivity index (χ1v) is 3.02. The zero-order chi connectivity index (χ0) is 5.98. The Labute approximate surface area is 49.5 Å². The molecule has 0 N–H and O–H groups in total. The van der Waals surface area contributed by atoms with Crippen LogP contribution in [-0.4, -0.2) is 11.8 Å². The lowest BCUT2D eigenvalue weighted by Crippen LogP contribution is -2.03. The van der Waals surface area contributed by atoms with Crippen LogP contribution in [0.5, 0.6) is 0 Å². The summed E-state index contributed by atoms with van der Waals surface area (Å²) in [6, 6.07) is 0. The standard InChI is InChI=1S/C6H11NO/c1-3-6-4-5(2)7-8-6/h6H,3-4H2,1-2H3. The van der Waals surface area contributed by atoms with E-state index in [1.807, 2.05) is 6.92 Å². The Kier molecular flexibility index (Phi) is 1.51. The van der Waals surface area contributed by atoms with Gasteiger partial charge in [-0.2, -0.15) is 0 Å². The predicted molar refractivity (Wildman–Crippen MR) is 32.9 cm³/mol. The van der Waals surface area contributed by atoms with Crippen molar-refractivity contribution in [1.82, 2.24) is 0 Å². The Morgan fingerprint density at radius 2 is 2.62 bits per heavy atom. The second-order valence-electron chi connectivity index (χ2n) is 2.17. The fourth-order valence-electron chi connectivity index (χ4n) is 0.787. The molecule has 0 aromatic heterocycles. The lowest BCUT2D eigenvalue weighted by molar-refractivity contribution is 0.0829. The van der Waals surface area contributed by atoms with Crippen molar-refractivity contribution in [2.24, 2.45) is 5.16 Å². The van der Waals surface area contributed by atoms with Crippen LogP contribution in [-0.2, 0) is 4.84 Å². The van der Waals surface area contributed by atoms with Crippen molar-refractivity contribution < 1.29 is 4.84 Å². The molecule has 0 saturated carbocycles. The highest BCUT2D eigenvalue weighted by Gasteiger charge is 2.14. The molecule has 0 spiro atoms. The zero-order valence-electron chi connectivity index (χ0n) is 5.35. The van der Waals surface area contributed by atoms with E-state index < -0.39 is 0 Å². The monoisotopic (exact) mass is 113 g/mol. The Bertz CT molecular complexity index is 109. The molecule has 0 amide bonds. The van der Waals surface area contributed by atoms with Crippen LogP contribution in [0.3, 0.4) is 0 Å². The third kappa shape index (κ3) is 0.997. The van der Waals surface area contributed by atoms with E-state index in [0.29, 0.717) is 6.10 Å². The zero-order valence-corrected chi connectivity index (χ0v) is 5.35. The van der Waals surface area contributed by atoms with E-state index in [1.165, 1.54) is 0 Å². The molecule has 1 aliphatic rings. The van der Waals surface area contributed by atoms with E-state index >= 15 is 0 Å². The molecule has 0 aromatic rings. The molecule has 0 aromatic carbocycles. The van der Waals surface area contributed by atoms with Gasteiger partial charge in [0.25, 0.3) is 0 Å². The van der Waals surface area contributed by atoms with Crippen LogP contribution >= 0.6 is 0 Å². The highest BCUT2D eigenvalue weighted by Crippen LogP contribution is 2.11. The summed E-state index contributed by atoms with van der Waals surface area (Å²) in [6.07, 6.45) is 2.46. The predicted octanol–water partition coefficient (Wildman–Crippen LogP) is 1.56. The van der Waals surface area contributed by atoms with E-state index in [9.17, 15) is 0 Å². The van der Waals surface area contributed by atoms with Gasteiger partial charge in [-0.05, 0) is 13.3 Å². The summed E-state index contributed by atoms with van der Waals surface area (Å²) in [7, 11) is 0. The minimum absolute atomic E-state index is 0.370. The second kappa shape index (κ2) is 2.16. The fraction of sp³-hybridized carbons (Fsp3) is 0.833. The Hall–Kier alpha value is -0.530. The summed E-state index contributed by atoms with van der Waals surface area (Å²) < 4.78 is 0. The summed E-state index contributed by atoms with van der Waals surface area (Å²) >= 11 is 0. The number of rotatable bonds is 1. The maximum absolute atomic E-state index is 5.00. The van der Waals surface area contributed by atoms with Crippen molar-refractivity contribution in [3.63, 3.8) is 0 Å². The maximum atomic E-state index is 5.00. The van der Waals surface area contributed by atoms with Crippen molar-refractivity contribution in [2.45, 2.75) is 32.8 Å². The molecule has 0 fully saturated rings. The minimum atomic E-state index is 0.370. The van der Waals surface area contributed by atoms with Crippen LogP contribution < -0.4 is 0 Å². The molecule has 46 valence electrons. The number of hydrogen-bond donors (Lipinski definition) is 0. The number of oxime groups is 1. The van der Waals surface area contributed by atoms with Crippen molar-refractivity contribution in [3.05, 3.63) is 0 Å². The van der Waals surface area contributed by atoms with E-state index in [-0.39, 0.29) is 0 Å². The molecule has 2 nitrogen and oxygen atoms in total. The molecule has 0 radical (unpaired) electrons. The van der Waals surface area contributed by atoms with Crippen LogP contribution in [0.2, 0.25) is 0 Å². The number of hydrogen-bond acceptors (Lipinski definition) is 2. The summed E-state index contributed by atoms with van der Waals surface area (Å²) in [5.74, 6) is 0. The fourth-order valence-corrected chi connectivity index (χ4v) is 0.787. The quantitative estimate of drug-likeness (QED) is 0.505. The number of nitrogens with zero attached hydrogens (tertiary/aromatic N) is 1. The first-order chi connectivity index (χ1) is 3.83. The highest BCUT2D eigenvalue weighted by atomic mass is 16.6. The van der Waals surface area contributed by atoms with Gasteiger partial charge in [0.15, 0.2) is 0 Å². The smallest absolute Gasteiger partial charge is 0.132 e. The average Bonchev–Trinajstić information content (AvgIpc) is 2.14. The molecule has 1 aliphatic heterocycles. The topological polar surface area (TPSA) is 21.6 Å². The Morgan fingerprint density at radius 3 is 2.88 bits per heavy atom. The largest absolute Gasteiger partial charge is 0.392 e. The molecule has 8 heavy (non-hydrogen) atoms. The molecule has 0 bridgehead atoms. The summed E-state index contributed by atoms with van der Waals surface area (Å²) in [5.41, 5.74) is 1.12. The first kappa shape index (κ1) is 5.60. The van der Waals surface area contributed by atoms with E-state index in [1.54, 1.807) is 0 Å². The average molecular weight is 113 g/mol. The van der Waals surface area contributed by atoms with Gasteiger partial charge in [0.2, 0.25) is 0 Å². The SMILES string of the molecule is CCC1CC(C)=NO1. The summed E-state index contributed by atoms with van der Waals surface area (Å²) in [5, 5.41) is 3.81. The Balaban J connectivity index is 2.32. The molecule has 1 heterocycles. The lowest BCUT2D eigenvalue weighted by Gasteiger charge is -2.00. The van der Waals surface area contributed by atoms with Gasteiger partial charge in [-0.15, -0.1) is 0 Å². The molecular weight excluding hydrogens is 102 g/mol. The molecular formula is C6H11NO. The molecule has 1 unspecified atom stereocenters. The lowest BCUT2D eigenvalue weighted by atomic mass is 10.2. The van der Waals surface area contributed by atoms with E-state index in [4.69, 9.17) is 4.84 Å². The second-order valence-corrected chi connectivity index (χ2v) is 2.17.